The average molecular weight is 1240 g/mol. The number of aliphatic carboxylic acids is 1. The number of hydrogen-bond acceptors (Lipinski definition) is 15. The molecule has 0 bridgehead atoms. The first-order valence-corrected chi connectivity index (χ1v) is 29.0. The van der Waals surface area contributed by atoms with Gasteiger partial charge in [-0.15, -0.1) is 0 Å². The molecule has 28 nitrogen and oxygen atoms in total. The summed E-state index contributed by atoms with van der Waals surface area (Å²) in [6.45, 7) is 10.7. The Labute approximate surface area is 516 Å². The molecule has 3 rings (SSSR count). The molecule has 89 heavy (non-hydrogen) atoms. The number of carbonyl (C=O) groups excluding carboxylic acids is 10. The molecular formula is C61H86N14O14. The van der Waals surface area contributed by atoms with E-state index in [4.69, 9.17) is 16.9 Å². The Hall–Kier alpha value is -9.86. The highest BCUT2D eigenvalue weighted by Crippen LogP contribution is 2.19. The molecule has 0 aliphatic carbocycles. The van der Waals surface area contributed by atoms with Gasteiger partial charge in [0.2, 0.25) is 59.1 Å². The molecular weight excluding hydrogens is 1150 g/mol. The molecule has 0 aromatic heterocycles. The number of primary amides is 2. The first kappa shape index (κ1) is 73.4. The van der Waals surface area contributed by atoms with Gasteiger partial charge in [0.25, 0.3) is 0 Å². The average Bonchev–Trinajstić information content (AvgIpc) is 3.71. The van der Waals surface area contributed by atoms with E-state index >= 15 is 0 Å². The minimum Gasteiger partial charge on any atom is -0.508 e. The standard InChI is InChI=1S/C61H86N14O14/c1-35(2)29-41(54(83)70-44(19-14-28-68-61(64)65-6)56(85)72-46(53(63)82)32-42-34-66-26-12-8-9-15-36(42)3)18-13-27-67-55(84)47(30-39-16-10-7-11-17-39)74-60(89)52(37(4)76)75-59(88)49(33-50(62)79)73-57(86)45(24-25-51(80)81)71-58(87)48(69-38(5)77)31-40-20-22-43(78)23-21-40/h7-13,15-18,20-23,34-35,37,41,44-49,52,66,76,78H,3,14,19,24-33H2,1-2,4-6H3,(H2,62,79)(H2,63,82)(H,67,84)(H,69,77)(H,70,83)(H,71,87)(H,72,85)(H,73,86)(H,74,89)(H,75,88)(H,80,81)(H3,64,65,68)/b12-8-,15-9-,18-13+,42-34-/t37-,41+,44+,45+,46+,47+,48-,49+,52+/m1/s1. The monoisotopic (exact) mass is 1240 g/mol. The van der Waals surface area contributed by atoms with Crippen molar-refractivity contribution in [1.82, 2.24) is 58.5 Å². The highest BCUT2D eigenvalue weighted by atomic mass is 16.4. The Balaban J connectivity index is 1.84. The van der Waals surface area contributed by atoms with Crippen molar-refractivity contribution in [3.05, 3.63) is 126 Å². The lowest BCUT2D eigenvalue weighted by atomic mass is 9.95. The third kappa shape index (κ3) is 28.0. The van der Waals surface area contributed by atoms with Crippen molar-refractivity contribution in [3.8, 4) is 5.75 Å². The van der Waals surface area contributed by atoms with E-state index in [0.29, 0.717) is 35.2 Å². The number of guanidine groups is 1. The Kier molecular flexibility index (Phi) is 31.6. The summed E-state index contributed by atoms with van der Waals surface area (Å²) in [5, 5.41) is 66.8. The number of benzene rings is 2. The highest BCUT2D eigenvalue weighted by Gasteiger charge is 2.36. The number of aromatic hydroxyl groups is 1. The van der Waals surface area contributed by atoms with Crippen molar-refractivity contribution < 1.29 is 68.1 Å². The molecule has 0 unspecified atom stereocenters. The van der Waals surface area contributed by atoms with Crippen LogP contribution in [0.4, 0.5) is 0 Å². The number of nitrogens with two attached hydrogens (primary N) is 2. The van der Waals surface area contributed by atoms with E-state index in [1.54, 1.807) is 61.8 Å². The number of hydrogen-bond donors (Lipinski definition) is 17. The quantitative estimate of drug-likeness (QED) is 0.0161. The van der Waals surface area contributed by atoms with Gasteiger partial charge in [0.1, 0.15) is 48.0 Å². The molecule has 0 saturated carbocycles. The largest absolute Gasteiger partial charge is 0.508 e. The number of carboxylic acid groups (broad SMARTS) is 1. The van der Waals surface area contributed by atoms with Gasteiger partial charge in [-0.25, -0.2) is 0 Å². The lowest BCUT2D eigenvalue weighted by Crippen LogP contribution is -2.61. The van der Waals surface area contributed by atoms with Crippen LogP contribution < -0.4 is 70.0 Å². The fourth-order valence-electron chi connectivity index (χ4n) is 8.92. The third-order valence-electron chi connectivity index (χ3n) is 13.6. The van der Waals surface area contributed by atoms with Crippen LogP contribution in [0.2, 0.25) is 0 Å². The number of phenols is 1. The Morgan fingerprint density at radius 3 is 1.85 bits per heavy atom. The summed E-state index contributed by atoms with van der Waals surface area (Å²) in [6.07, 6.45) is 8.58. The molecule has 10 amide bonds. The van der Waals surface area contributed by atoms with E-state index in [9.17, 15) is 68.1 Å². The number of phenolic OH excluding ortho intramolecular Hbond substituents is 1. The summed E-state index contributed by atoms with van der Waals surface area (Å²) >= 11 is 0. The van der Waals surface area contributed by atoms with E-state index in [1.807, 2.05) is 26.0 Å². The van der Waals surface area contributed by atoms with Crippen molar-refractivity contribution in [2.75, 3.05) is 26.7 Å². The number of allylic oxidation sites excluding steroid dienone is 4. The summed E-state index contributed by atoms with van der Waals surface area (Å²) in [5.74, 6) is -11.3. The zero-order valence-electron chi connectivity index (χ0n) is 50.7. The summed E-state index contributed by atoms with van der Waals surface area (Å²) in [6, 6.07) is 3.62. The van der Waals surface area contributed by atoms with Gasteiger partial charge >= 0.3 is 5.97 Å². The molecule has 1 heterocycles. The topological polar surface area (TPSA) is 457 Å². The molecule has 1 aliphatic heterocycles. The molecule has 2 aromatic rings. The minimum absolute atomic E-state index is 0.0150. The fourth-order valence-corrected chi connectivity index (χ4v) is 8.92. The van der Waals surface area contributed by atoms with E-state index < -0.39 is 139 Å². The smallest absolute Gasteiger partial charge is 0.303 e. The SMILES string of the molecule is C=C1/C=C\C=C/CN/C=C\1C[C@H](NC(=O)[C@H](CCCNC(=N)NC)NC(=O)[C@@H](/C=C/CNC(=O)[C@H](Cc1ccccc1)NC(=O)[C@@H](NC(=O)[C@H](CC(N)=O)NC(=O)[C@H](CCC(=O)O)NC(=O)[C@@H](Cc1ccc(O)cc1)NC(C)=O)[C@@H](C)O)CC(C)C)C(N)=O. The predicted octanol–water partition coefficient (Wildman–Crippen LogP) is -1.40. The van der Waals surface area contributed by atoms with Crippen LogP contribution in [0.5, 0.6) is 5.75 Å². The zero-order valence-corrected chi connectivity index (χ0v) is 50.7. The Bertz CT molecular complexity index is 2930. The normalized spacial score (nSPS) is 16.4. The second-order valence-electron chi connectivity index (χ2n) is 21.5. The second-order valence-corrected chi connectivity index (χ2v) is 21.5. The molecule has 0 fully saturated rings. The lowest BCUT2D eigenvalue weighted by molar-refractivity contribution is -0.139. The lowest BCUT2D eigenvalue weighted by Gasteiger charge is -2.27. The molecule has 9 atom stereocenters. The van der Waals surface area contributed by atoms with Crippen LogP contribution in [-0.4, -0.2) is 161 Å². The Morgan fingerprint density at radius 2 is 1.26 bits per heavy atom. The number of aliphatic hydroxyl groups is 1. The van der Waals surface area contributed by atoms with Gasteiger partial charge in [0.15, 0.2) is 5.96 Å². The number of carbonyl (C=O) groups is 11. The first-order valence-electron chi connectivity index (χ1n) is 29.0. The van der Waals surface area contributed by atoms with Gasteiger partial charge in [-0.05, 0) is 72.9 Å². The van der Waals surface area contributed by atoms with Crippen LogP contribution in [0.1, 0.15) is 83.8 Å². The molecule has 19 N–H and O–H groups in total. The van der Waals surface area contributed by atoms with Crippen LogP contribution in [0.15, 0.2) is 115 Å². The van der Waals surface area contributed by atoms with Crippen LogP contribution >= 0.6 is 0 Å². The van der Waals surface area contributed by atoms with Crippen molar-refractivity contribution in [2.24, 2.45) is 23.3 Å². The van der Waals surface area contributed by atoms with E-state index in [1.165, 1.54) is 30.3 Å². The van der Waals surface area contributed by atoms with Gasteiger partial charge < -0.3 is 85.3 Å². The van der Waals surface area contributed by atoms with Gasteiger partial charge in [-0.3, -0.25) is 58.1 Å². The van der Waals surface area contributed by atoms with Crippen molar-refractivity contribution in [1.29, 1.82) is 5.41 Å². The number of nitrogens with one attached hydrogen (secondary N) is 12. The van der Waals surface area contributed by atoms with Crippen molar-refractivity contribution >= 4 is 71.0 Å². The van der Waals surface area contributed by atoms with Gasteiger partial charge in [-0.1, -0.05) is 99.3 Å². The van der Waals surface area contributed by atoms with Crippen LogP contribution in [0.3, 0.4) is 0 Å². The van der Waals surface area contributed by atoms with E-state index in [2.05, 4.69) is 65.1 Å². The van der Waals surface area contributed by atoms with E-state index in [0.717, 1.165) is 13.8 Å². The molecule has 0 saturated heterocycles. The summed E-state index contributed by atoms with van der Waals surface area (Å²) in [5.41, 5.74) is 13.5. The van der Waals surface area contributed by atoms with Crippen LogP contribution in [0.25, 0.3) is 0 Å². The number of rotatable bonds is 36. The van der Waals surface area contributed by atoms with Gasteiger partial charge in [0, 0.05) is 65.5 Å². The summed E-state index contributed by atoms with van der Waals surface area (Å²) < 4.78 is 0. The predicted molar refractivity (Wildman–Crippen MR) is 330 cm³/mol. The van der Waals surface area contributed by atoms with Gasteiger partial charge in [-0.2, -0.15) is 0 Å². The summed E-state index contributed by atoms with van der Waals surface area (Å²) in [4.78, 5) is 147. The maximum atomic E-state index is 14.2. The summed E-state index contributed by atoms with van der Waals surface area (Å²) in [7, 11) is 1.56. The fraction of sp³-hybridized carbons (Fsp3) is 0.443. The molecule has 1 aliphatic rings. The van der Waals surface area contributed by atoms with Crippen molar-refractivity contribution in [2.45, 2.75) is 134 Å². The van der Waals surface area contributed by atoms with Crippen LogP contribution in [0, 0.1) is 17.2 Å². The zero-order chi connectivity index (χ0) is 66.2. The number of aliphatic hydroxyl groups excluding tert-OH is 1. The number of carboxylic acids is 1. The molecule has 0 radical (unpaired) electrons. The van der Waals surface area contributed by atoms with Crippen LogP contribution in [-0.2, 0) is 65.6 Å². The second kappa shape index (κ2) is 38.3. The van der Waals surface area contributed by atoms with E-state index in [-0.39, 0.29) is 62.8 Å². The van der Waals surface area contributed by atoms with Crippen molar-refractivity contribution in [3.63, 3.8) is 0 Å². The molecule has 2 aromatic carbocycles. The first-order chi connectivity index (χ1) is 42.2. The van der Waals surface area contributed by atoms with Gasteiger partial charge in [0.05, 0.1) is 18.4 Å². The number of amides is 10. The Morgan fingerprint density at radius 1 is 0.685 bits per heavy atom. The molecule has 0 spiro atoms. The maximum Gasteiger partial charge on any atom is 0.303 e. The molecule has 484 valence electrons. The highest BCUT2D eigenvalue weighted by molar-refractivity contribution is 5.98. The maximum absolute atomic E-state index is 14.2. The minimum atomic E-state index is -1.89. The molecule has 28 heteroatoms. The third-order valence-corrected chi connectivity index (χ3v) is 13.6.